The molecule has 2 atom stereocenters. The van der Waals surface area contributed by atoms with Crippen molar-refractivity contribution in [2.45, 2.75) is 40.0 Å². The molecule has 0 spiro atoms. The highest BCUT2D eigenvalue weighted by Gasteiger charge is 2.30. The predicted octanol–water partition coefficient (Wildman–Crippen LogP) is 1.72. The van der Waals surface area contributed by atoms with E-state index in [9.17, 15) is 5.11 Å². The molecule has 1 fully saturated rings. The van der Waals surface area contributed by atoms with Gasteiger partial charge in [0.15, 0.2) is 0 Å². The minimum Gasteiger partial charge on any atom is -0.396 e. The standard InChI is InChI=1S/C14H30N2O/c1-4-7-14(3,11-15-5-2)12-16-8-6-13(9-16)10-17/h13,15,17H,4-12H2,1-3H3. The Bertz CT molecular complexity index is 210. The number of aliphatic hydroxyl groups excluding tert-OH is 1. The highest BCUT2D eigenvalue weighted by atomic mass is 16.3. The first kappa shape index (κ1) is 14.9. The lowest BCUT2D eigenvalue weighted by molar-refractivity contribution is 0.160. The molecule has 0 radical (unpaired) electrons. The number of hydrogen-bond donors (Lipinski definition) is 2. The van der Waals surface area contributed by atoms with Crippen molar-refractivity contribution in [2.75, 3.05) is 39.3 Å². The Morgan fingerprint density at radius 1 is 1.41 bits per heavy atom. The molecule has 3 nitrogen and oxygen atoms in total. The maximum atomic E-state index is 9.19. The van der Waals surface area contributed by atoms with E-state index in [2.05, 4.69) is 31.0 Å². The quantitative estimate of drug-likeness (QED) is 0.680. The Balaban J connectivity index is 2.42. The van der Waals surface area contributed by atoms with Crippen LogP contribution in [0.15, 0.2) is 0 Å². The van der Waals surface area contributed by atoms with Crippen LogP contribution in [0.25, 0.3) is 0 Å². The second-order valence-electron chi connectivity index (χ2n) is 5.91. The van der Waals surface area contributed by atoms with Crippen LogP contribution in [0.3, 0.4) is 0 Å². The van der Waals surface area contributed by atoms with E-state index >= 15 is 0 Å². The van der Waals surface area contributed by atoms with Crippen LogP contribution in [-0.4, -0.2) is 49.3 Å². The Morgan fingerprint density at radius 3 is 2.71 bits per heavy atom. The average Bonchev–Trinajstić information content (AvgIpc) is 2.74. The van der Waals surface area contributed by atoms with E-state index in [1.165, 1.54) is 25.8 Å². The lowest BCUT2D eigenvalue weighted by atomic mass is 9.85. The van der Waals surface area contributed by atoms with Crippen molar-refractivity contribution >= 4 is 0 Å². The molecule has 0 aliphatic carbocycles. The van der Waals surface area contributed by atoms with Crippen LogP contribution in [0.5, 0.6) is 0 Å². The molecule has 2 N–H and O–H groups in total. The highest BCUT2D eigenvalue weighted by Crippen LogP contribution is 2.27. The summed E-state index contributed by atoms with van der Waals surface area (Å²) in [5.41, 5.74) is 0.384. The SMILES string of the molecule is CCCC(C)(CNCC)CN1CCC(CO)C1. The van der Waals surface area contributed by atoms with Gasteiger partial charge in [-0.15, -0.1) is 0 Å². The molecule has 3 heteroatoms. The number of nitrogens with zero attached hydrogens (tertiary/aromatic N) is 1. The lowest BCUT2D eigenvalue weighted by Gasteiger charge is -2.34. The van der Waals surface area contributed by atoms with E-state index in [-0.39, 0.29) is 0 Å². The van der Waals surface area contributed by atoms with Crippen molar-refractivity contribution in [3.63, 3.8) is 0 Å². The monoisotopic (exact) mass is 242 g/mol. The summed E-state index contributed by atoms with van der Waals surface area (Å²) in [6.45, 7) is 12.8. The van der Waals surface area contributed by atoms with Crippen LogP contribution in [0.4, 0.5) is 0 Å². The van der Waals surface area contributed by atoms with E-state index in [1.807, 2.05) is 0 Å². The maximum absolute atomic E-state index is 9.19. The fraction of sp³-hybridized carbons (Fsp3) is 1.00. The number of aliphatic hydroxyl groups is 1. The van der Waals surface area contributed by atoms with Gasteiger partial charge in [-0.25, -0.2) is 0 Å². The molecule has 1 aliphatic rings. The summed E-state index contributed by atoms with van der Waals surface area (Å²) in [7, 11) is 0. The zero-order chi connectivity index (χ0) is 12.7. The predicted molar refractivity (Wildman–Crippen MR) is 73.2 cm³/mol. The molecule has 0 saturated carbocycles. The first-order valence-electron chi connectivity index (χ1n) is 7.17. The van der Waals surface area contributed by atoms with Gasteiger partial charge in [-0.3, -0.25) is 0 Å². The third-order valence-electron chi connectivity index (χ3n) is 3.89. The molecular formula is C14H30N2O. The molecule has 0 bridgehead atoms. The largest absolute Gasteiger partial charge is 0.396 e. The van der Waals surface area contributed by atoms with E-state index in [0.29, 0.717) is 17.9 Å². The first-order chi connectivity index (χ1) is 8.13. The van der Waals surface area contributed by atoms with Gasteiger partial charge in [0, 0.05) is 26.2 Å². The van der Waals surface area contributed by atoms with Crippen molar-refractivity contribution in [3.8, 4) is 0 Å². The molecule has 17 heavy (non-hydrogen) atoms. The van der Waals surface area contributed by atoms with Gasteiger partial charge in [-0.05, 0) is 37.3 Å². The summed E-state index contributed by atoms with van der Waals surface area (Å²) in [6, 6.07) is 0. The number of nitrogens with one attached hydrogen (secondary N) is 1. The van der Waals surface area contributed by atoms with Gasteiger partial charge in [0.05, 0.1) is 0 Å². The van der Waals surface area contributed by atoms with Crippen LogP contribution < -0.4 is 5.32 Å². The molecule has 0 amide bonds. The normalized spacial score (nSPS) is 25.1. The van der Waals surface area contributed by atoms with Crippen LogP contribution in [-0.2, 0) is 0 Å². The first-order valence-corrected chi connectivity index (χ1v) is 7.17. The Morgan fingerprint density at radius 2 is 2.18 bits per heavy atom. The topological polar surface area (TPSA) is 35.5 Å². The van der Waals surface area contributed by atoms with E-state index in [1.54, 1.807) is 0 Å². The van der Waals surface area contributed by atoms with Crippen molar-refractivity contribution in [2.24, 2.45) is 11.3 Å². The van der Waals surface area contributed by atoms with Crippen LogP contribution >= 0.6 is 0 Å². The van der Waals surface area contributed by atoms with Crippen LogP contribution in [0.1, 0.15) is 40.0 Å². The minimum absolute atomic E-state index is 0.355. The van der Waals surface area contributed by atoms with Gasteiger partial charge >= 0.3 is 0 Å². The molecule has 0 aromatic heterocycles. The third-order valence-corrected chi connectivity index (χ3v) is 3.89. The van der Waals surface area contributed by atoms with Crippen molar-refractivity contribution in [1.29, 1.82) is 0 Å². The van der Waals surface area contributed by atoms with Gasteiger partial charge in [0.1, 0.15) is 0 Å². The molecule has 2 unspecified atom stereocenters. The van der Waals surface area contributed by atoms with Crippen LogP contribution in [0, 0.1) is 11.3 Å². The Hall–Kier alpha value is -0.120. The summed E-state index contributed by atoms with van der Waals surface area (Å²) in [4.78, 5) is 2.54. The molecule has 1 rings (SSSR count). The second-order valence-corrected chi connectivity index (χ2v) is 5.91. The molecule has 0 aromatic carbocycles. The van der Waals surface area contributed by atoms with Crippen molar-refractivity contribution in [1.82, 2.24) is 10.2 Å². The fourth-order valence-corrected chi connectivity index (χ4v) is 3.00. The third kappa shape index (κ3) is 4.94. The molecule has 1 aliphatic heterocycles. The maximum Gasteiger partial charge on any atom is 0.0471 e. The minimum atomic E-state index is 0.355. The molecule has 0 aromatic rings. The number of likely N-dealkylation sites (tertiary alicyclic amines) is 1. The summed E-state index contributed by atoms with van der Waals surface area (Å²) >= 11 is 0. The highest BCUT2D eigenvalue weighted by molar-refractivity contribution is 4.84. The van der Waals surface area contributed by atoms with Crippen molar-refractivity contribution < 1.29 is 5.11 Å². The zero-order valence-corrected chi connectivity index (χ0v) is 11.8. The number of hydrogen-bond acceptors (Lipinski definition) is 3. The summed E-state index contributed by atoms with van der Waals surface area (Å²) in [6.07, 6.45) is 3.69. The Kier molecular flexibility index (Phi) is 6.45. The van der Waals surface area contributed by atoms with Gasteiger partial charge in [0.2, 0.25) is 0 Å². The summed E-state index contributed by atoms with van der Waals surface area (Å²) in [5, 5.41) is 12.7. The van der Waals surface area contributed by atoms with Gasteiger partial charge in [0.25, 0.3) is 0 Å². The molecule has 1 heterocycles. The lowest BCUT2D eigenvalue weighted by Crippen LogP contribution is -2.41. The average molecular weight is 242 g/mol. The molecular weight excluding hydrogens is 212 g/mol. The molecule has 1 saturated heterocycles. The van der Waals surface area contributed by atoms with E-state index < -0.39 is 0 Å². The van der Waals surface area contributed by atoms with E-state index in [4.69, 9.17) is 0 Å². The van der Waals surface area contributed by atoms with Gasteiger partial charge in [-0.1, -0.05) is 27.2 Å². The smallest absolute Gasteiger partial charge is 0.0471 e. The number of rotatable bonds is 8. The van der Waals surface area contributed by atoms with Crippen molar-refractivity contribution in [3.05, 3.63) is 0 Å². The van der Waals surface area contributed by atoms with E-state index in [0.717, 1.165) is 26.2 Å². The second kappa shape index (κ2) is 7.34. The summed E-state index contributed by atoms with van der Waals surface area (Å²) < 4.78 is 0. The van der Waals surface area contributed by atoms with Crippen LogP contribution in [0.2, 0.25) is 0 Å². The fourth-order valence-electron chi connectivity index (χ4n) is 3.00. The summed E-state index contributed by atoms with van der Waals surface area (Å²) in [5.74, 6) is 0.514. The Labute approximate surface area is 107 Å². The van der Waals surface area contributed by atoms with Gasteiger partial charge < -0.3 is 15.3 Å². The molecule has 102 valence electrons. The zero-order valence-electron chi connectivity index (χ0n) is 11.8. The van der Waals surface area contributed by atoms with Gasteiger partial charge in [-0.2, -0.15) is 0 Å².